The van der Waals surface area contributed by atoms with E-state index >= 15 is 0 Å². The van der Waals surface area contributed by atoms with Crippen LogP contribution in [0.4, 0.5) is 4.39 Å². The smallest absolute Gasteiger partial charge is 0.141 e. The van der Waals surface area contributed by atoms with Crippen molar-refractivity contribution >= 4 is 17.2 Å². The minimum atomic E-state index is -0.303. The molecule has 16 heavy (non-hydrogen) atoms. The number of hydrogen-bond donors (Lipinski definition) is 1. The zero-order valence-electron chi connectivity index (χ0n) is 9.32. The lowest BCUT2D eigenvalue weighted by atomic mass is 10.2. The van der Waals surface area contributed by atoms with E-state index < -0.39 is 0 Å². The van der Waals surface area contributed by atoms with Gasteiger partial charge in [-0.05, 0) is 18.2 Å². The predicted octanol–water partition coefficient (Wildman–Crippen LogP) is 1.72. The highest BCUT2D eigenvalue weighted by atomic mass is 32.1. The molecule has 0 aromatic carbocycles. The van der Waals surface area contributed by atoms with Gasteiger partial charge in [0.1, 0.15) is 5.82 Å². The van der Waals surface area contributed by atoms with Gasteiger partial charge in [-0.2, -0.15) is 0 Å². The van der Waals surface area contributed by atoms with Crippen molar-refractivity contribution in [2.45, 2.75) is 19.9 Å². The summed E-state index contributed by atoms with van der Waals surface area (Å²) in [5, 5.41) is 0. The summed E-state index contributed by atoms with van der Waals surface area (Å²) >= 11 is 4.83. The quantitative estimate of drug-likeness (QED) is 0.770. The topological polar surface area (TPSA) is 42.1 Å². The second-order valence-corrected chi connectivity index (χ2v) is 4.12. The molecule has 0 aliphatic heterocycles. The highest BCUT2D eigenvalue weighted by Gasteiger charge is 2.05. The summed E-state index contributed by atoms with van der Waals surface area (Å²) < 4.78 is 12.9. The van der Waals surface area contributed by atoms with E-state index in [1.165, 1.54) is 12.3 Å². The van der Waals surface area contributed by atoms with E-state index in [0.29, 0.717) is 18.0 Å². The molecular formula is C11H16FN3S. The van der Waals surface area contributed by atoms with Crippen LogP contribution in [0.25, 0.3) is 0 Å². The van der Waals surface area contributed by atoms with Gasteiger partial charge in [-0.1, -0.05) is 19.1 Å². The van der Waals surface area contributed by atoms with Gasteiger partial charge < -0.3 is 5.73 Å². The third-order valence-electron chi connectivity index (χ3n) is 2.29. The number of halogens is 1. The van der Waals surface area contributed by atoms with Crippen molar-refractivity contribution in [1.82, 2.24) is 9.88 Å². The summed E-state index contributed by atoms with van der Waals surface area (Å²) in [5.41, 5.74) is 6.31. The maximum absolute atomic E-state index is 12.9. The summed E-state index contributed by atoms with van der Waals surface area (Å²) in [6.07, 6.45) is 3.56. The molecule has 0 unspecified atom stereocenters. The van der Waals surface area contributed by atoms with Crippen LogP contribution >= 0.6 is 12.2 Å². The Bertz CT molecular complexity index is 357. The average Bonchev–Trinajstić information content (AvgIpc) is 2.24. The van der Waals surface area contributed by atoms with E-state index in [1.54, 1.807) is 6.20 Å². The first kappa shape index (κ1) is 13.0. The zero-order valence-corrected chi connectivity index (χ0v) is 10.1. The summed E-state index contributed by atoms with van der Waals surface area (Å²) in [6.45, 7) is 4.39. The van der Waals surface area contributed by atoms with Gasteiger partial charge in [-0.25, -0.2) is 4.39 Å². The molecule has 1 rings (SSSR count). The SMILES string of the molecule is CCN(CCC(N)=S)Cc1cncc(F)c1. The monoisotopic (exact) mass is 241 g/mol. The van der Waals surface area contributed by atoms with Gasteiger partial charge in [-0.3, -0.25) is 9.88 Å². The molecule has 88 valence electrons. The number of hydrogen-bond acceptors (Lipinski definition) is 3. The third kappa shape index (κ3) is 4.63. The molecular weight excluding hydrogens is 225 g/mol. The van der Waals surface area contributed by atoms with Crippen LogP contribution in [0.1, 0.15) is 18.9 Å². The Morgan fingerprint density at radius 3 is 2.88 bits per heavy atom. The zero-order chi connectivity index (χ0) is 12.0. The van der Waals surface area contributed by atoms with E-state index in [-0.39, 0.29) is 5.82 Å². The van der Waals surface area contributed by atoms with Crippen LogP contribution < -0.4 is 5.73 Å². The Hall–Kier alpha value is -1.07. The van der Waals surface area contributed by atoms with Crippen molar-refractivity contribution in [3.05, 3.63) is 29.8 Å². The Morgan fingerprint density at radius 1 is 1.56 bits per heavy atom. The summed E-state index contributed by atoms with van der Waals surface area (Å²) in [4.78, 5) is 6.47. The number of thiocarbonyl (C=S) groups is 1. The lowest BCUT2D eigenvalue weighted by molar-refractivity contribution is 0.288. The second kappa shape index (κ2) is 6.50. The van der Waals surface area contributed by atoms with Crippen LogP contribution in [0.15, 0.2) is 18.5 Å². The normalized spacial score (nSPS) is 10.7. The second-order valence-electron chi connectivity index (χ2n) is 3.60. The van der Waals surface area contributed by atoms with Gasteiger partial charge in [0, 0.05) is 25.7 Å². The van der Waals surface area contributed by atoms with Crippen molar-refractivity contribution in [3.8, 4) is 0 Å². The molecule has 0 aliphatic rings. The Labute approximate surface area is 100 Å². The molecule has 1 heterocycles. The number of nitrogens with zero attached hydrogens (tertiary/aromatic N) is 2. The summed E-state index contributed by atoms with van der Waals surface area (Å²) in [6, 6.07) is 1.50. The van der Waals surface area contributed by atoms with Gasteiger partial charge in [-0.15, -0.1) is 0 Å². The largest absolute Gasteiger partial charge is 0.393 e. The number of aromatic nitrogens is 1. The molecule has 0 fully saturated rings. The van der Waals surface area contributed by atoms with Gasteiger partial charge in [0.2, 0.25) is 0 Å². The van der Waals surface area contributed by atoms with E-state index in [4.69, 9.17) is 18.0 Å². The van der Waals surface area contributed by atoms with Crippen molar-refractivity contribution in [2.24, 2.45) is 5.73 Å². The molecule has 0 bridgehead atoms. The molecule has 0 saturated carbocycles. The highest BCUT2D eigenvalue weighted by Crippen LogP contribution is 2.05. The van der Waals surface area contributed by atoms with Gasteiger partial charge >= 0.3 is 0 Å². The molecule has 0 atom stereocenters. The molecule has 5 heteroatoms. The molecule has 0 amide bonds. The minimum Gasteiger partial charge on any atom is -0.393 e. The molecule has 0 saturated heterocycles. The number of pyridine rings is 1. The van der Waals surface area contributed by atoms with Crippen molar-refractivity contribution < 1.29 is 4.39 Å². The van der Waals surface area contributed by atoms with Crippen LogP contribution in [0.5, 0.6) is 0 Å². The van der Waals surface area contributed by atoms with Crippen LogP contribution in [0.3, 0.4) is 0 Å². The first-order chi connectivity index (χ1) is 7.61. The Balaban J connectivity index is 2.52. The molecule has 2 N–H and O–H groups in total. The molecule has 0 spiro atoms. The predicted molar refractivity (Wildman–Crippen MR) is 66.5 cm³/mol. The maximum Gasteiger partial charge on any atom is 0.141 e. The van der Waals surface area contributed by atoms with Crippen LogP contribution in [0.2, 0.25) is 0 Å². The van der Waals surface area contributed by atoms with Crippen LogP contribution in [-0.4, -0.2) is 28.0 Å². The lowest BCUT2D eigenvalue weighted by Crippen LogP contribution is -2.27. The van der Waals surface area contributed by atoms with E-state index in [0.717, 1.165) is 18.7 Å². The molecule has 1 aromatic rings. The average molecular weight is 241 g/mol. The molecule has 1 aromatic heterocycles. The molecule has 0 radical (unpaired) electrons. The number of rotatable bonds is 6. The van der Waals surface area contributed by atoms with Crippen molar-refractivity contribution in [1.29, 1.82) is 0 Å². The van der Waals surface area contributed by atoms with Gasteiger partial charge in [0.15, 0.2) is 0 Å². The summed E-state index contributed by atoms with van der Waals surface area (Å²) in [7, 11) is 0. The summed E-state index contributed by atoms with van der Waals surface area (Å²) in [5.74, 6) is -0.303. The van der Waals surface area contributed by atoms with E-state index in [2.05, 4.69) is 9.88 Å². The fourth-order valence-electron chi connectivity index (χ4n) is 1.42. The highest BCUT2D eigenvalue weighted by molar-refractivity contribution is 7.80. The fraction of sp³-hybridized carbons (Fsp3) is 0.455. The van der Waals surface area contributed by atoms with Crippen molar-refractivity contribution in [3.63, 3.8) is 0 Å². The van der Waals surface area contributed by atoms with Crippen molar-refractivity contribution in [2.75, 3.05) is 13.1 Å². The first-order valence-corrected chi connectivity index (χ1v) is 5.62. The standard InChI is InChI=1S/C11H16FN3S/c1-2-15(4-3-11(13)16)8-9-5-10(12)7-14-6-9/h5-7H,2-4,8H2,1H3,(H2,13,16). The maximum atomic E-state index is 12.9. The fourth-order valence-corrected chi connectivity index (χ4v) is 1.51. The van der Waals surface area contributed by atoms with Gasteiger partial charge in [0.25, 0.3) is 0 Å². The Kier molecular flexibility index (Phi) is 5.28. The lowest BCUT2D eigenvalue weighted by Gasteiger charge is -2.19. The van der Waals surface area contributed by atoms with Gasteiger partial charge in [0.05, 0.1) is 11.2 Å². The van der Waals surface area contributed by atoms with Crippen LogP contribution in [-0.2, 0) is 6.54 Å². The Morgan fingerprint density at radius 2 is 2.31 bits per heavy atom. The van der Waals surface area contributed by atoms with E-state index in [1.807, 2.05) is 6.92 Å². The number of nitrogens with two attached hydrogens (primary N) is 1. The molecule has 3 nitrogen and oxygen atoms in total. The van der Waals surface area contributed by atoms with E-state index in [9.17, 15) is 4.39 Å². The van der Waals surface area contributed by atoms with Crippen LogP contribution in [0, 0.1) is 5.82 Å². The first-order valence-electron chi connectivity index (χ1n) is 5.22. The minimum absolute atomic E-state index is 0.303. The third-order valence-corrected chi connectivity index (χ3v) is 2.49. The molecule has 0 aliphatic carbocycles.